The van der Waals surface area contributed by atoms with Crippen LogP contribution < -0.4 is 5.32 Å². The van der Waals surface area contributed by atoms with Crippen molar-refractivity contribution in [1.82, 2.24) is 19.4 Å². The highest BCUT2D eigenvalue weighted by Gasteiger charge is 2.35. The second-order valence-corrected chi connectivity index (χ2v) is 10.5. The number of carbonyl (C=O) groups is 2. The topological polar surface area (TPSA) is 103 Å². The molecule has 2 aromatic rings. The van der Waals surface area contributed by atoms with Crippen LogP contribution in [-0.2, 0) is 26.2 Å². The third-order valence-corrected chi connectivity index (χ3v) is 8.47. The van der Waals surface area contributed by atoms with Crippen LogP contribution in [0.2, 0.25) is 5.02 Å². The van der Waals surface area contributed by atoms with Crippen LogP contribution in [0.5, 0.6) is 0 Å². The summed E-state index contributed by atoms with van der Waals surface area (Å²) < 4.78 is 32.4. The number of halogens is 1. The van der Waals surface area contributed by atoms with Gasteiger partial charge in [0.1, 0.15) is 10.7 Å². The molecule has 2 saturated heterocycles. The van der Waals surface area contributed by atoms with Crippen LogP contribution in [0.25, 0.3) is 0 Å². The van der Waals surface area contributed by atoms with Gasteiger partial charge in [-0.1, -0.05) is 23.7 Å². The molecule has 0 bridgehead atoms. The van der Waals surface area contributed by atoms with Gasteiger partial charge in [0.2, 0.25) is 21.8 Å². The van der Waals surface area contributed by atoms with E-state index in [2.05, 4.69) is 5.32 Å². The molecule has 178 valence electrons. The number of rotatable bonds is 7. The standard InChI is InChI=1S/C22H27ClN4O5S/c23-18-6-1-2-8-20(18)33(30,31)27-12-10-25(11-13-27)21(28)16-26-9-3-7-19(26)22(29)24-15-17-5-4-14-32-17/h1-2,4-6,8,14,19H,3,7,9-13,15-16H2,(H,24,29). The van der Waals surface area contributed by atoms with E-state index in [-0.39, 0.29) is 47.4 Å². The van der Waals surface area contributed by atoms with Crippen molar-refractivity contribution >= 4 is 33.4 Å². The number of piperazine rings is 1. The van der Waals surface area contributed by atoms with Gasteiger partial charge in [-0.2, -0.15) is 4.31 Å². The smallest absolute Gasteiger partial charge is 0.244 e. The highest BCUT2D eigenvalue weighted by molar-refractivity contribution is 7.89. The Morgan fingerprint density at radius 3 is 2.52 bits per heavy atom. The minimum atomic E-state index is -3.72. The molecule has 1 atom stereocenters. The molecule has 0 spiro atoms. The van der Waals surface area contributed by atoms with Crippen molar-refractivity contribution in [2.24, 2.45) is 0 Å². The zero-order valence-corrected chi connectivity index (χ0v) is 19.7. The summed E-state index contributed by atoms with van der Waals surface area (Å²) in [5.74, 6) is 0.455. The highest BCUT2D eigenvalue weighted by atomic mass is 35.5. The minimum Gasteiger partial charge on any atom is -0.467 e. The summed E-state index contributed by atoms with van der Waals surface area (Å²) >= 11 is 6.08. The zero-order chi connectivity index (χ0) is 23.4. The molecule has 1 unspecified atom stereocenters. The molecule has 2 aliphatic rings. The molecule has 9 nitrogen and oxygen atoms in total. The van der Waals surface area contributed by atoms with Crippen LogP contribution in [0, 0.1) is 0 Å². The summed E-state index contributed by atoms with van der Waals surface area (Å²) in [7, 11) is -3.72. The second-order valence-electron chi connectivity index (χ2n) is 8.14. The van der Waals surface area contributed by atoms with E-state index in [0.29, 0.717) is 38.4 Å². The van der Waals surface area contributed by atoms with Gasteiger partial charge in [-0.25, -0.2) is 8.42 Å². The van der Waals surface area contributed by atoms with Crippen molar-refractivity contribution in [2.45, 2.75) is 30.3 Å². The van der Waals surface area contributed by atoms with Crippen LogP contribution in [0.3, 0.4) is 0 Å². The molecular formula is C22H27ClN4O5S. The largest absolute Gasteiger partial charge is 0.467 e. The lowest BCUT2D eigenvalue weighted by molar-refractivity contribution is -0.135. The lowest BCUT2D eigenvalue weighted by atomic mass is 10.2. The van der Waals surface area contributed by atoms with Crippen molar-refractivity contribution in [3.63, 3.8) is 0 Å². The lowest BCUT2D eigenvalue weighted by Crippen LogP contribution is -2.53. The Hall–Kier alpha value is -2.40. The third kappa shape index (κ3) is 5.40. The number of furan rings is 1. The Labute approximate surface area is 198 Å². The molecular weight excluding hydrogens is 468 g/mol. The maximum Gasteiger partial charge on any atom is 0.244 e. The fourth-order valence-corrected chi connectivity index (χ4v) is 6.18. The fourth-order valence-electron chi connectivity index (χ4n) is 4.26. The third-order valence-electron chi connectivity index (χ3n) is 6.07. The number of sulfonamides is 1. The lowest BCUT2D eigenvalue weighted by Gasteiger charge is -2.35. The molecule has 1 aromatic heterocycles. The Balaban J connectivity index is 1.29. The molecule has 1 aromatic carbocycles. The first-order valence-electron chi connectivity index (χ1n) is 10.9. The van der Waals surface area contributed by atoms with Gasteiger partial charge in [-0.05, 0) is 43.7 Å². The summed E-state index contributed by atoms with van der Waals surface area (Å²) in [4.78, 5) is 29.1. The summed E-state index contributed by atoms with van der Waals surface area (Å²) in [6.45, 7) is 2.11. The van der Waals surface area contributed by atoms with Crippen molar-refractivity contribution < 1.29 is 22.4 Å². The Morgan fingerprint density at radius 1 is 1.06 bits per heavy atom. The van der Waals surface area contributed by atoms with Gasteiger partial charge < -0.3 is 14.6 Å². The van der Waals surface area contributed by atoms with Gasteiger partial charge in [0.15, 0.2) is 0 Å². The van der Waals surface area contributed by atoms with Crippen LogP contribution in [0.1, 0.15) is 18.6 Å². The van der Waals surface area contributed by atoms with E-state index in [9.17, 15) is 18.0 Å². The molecule has 4 rings (SSSR count). The Morgan fingerprint density at radius 2 is 1.82 bits per heavy atom. The van der Waals surface area contributed by atoms with E-state index in [0.717, 1.165) is 6.42 Å². The SMILES string of the molecule is O=C(NCc1ccco1)C1CCCN1CC(=O)N1CCN(S(=O)(=O)c2ccccc2Cl)CC1. The van der Waals surface area contributed by atoms with Crippen molar-refractivity contribution in [3.05, 3.63) is 53.4 Å². The number of nitrogens with zero attached hydrogens (tertiary/aromatic N) is 3. The van der Waals surface area contributed by atoms with E-state index in [1.54, 1.807) is 41.5 Å². The maximum absolute atomic E-state index is 12.9. The van der Waals surface area contributed by atoms with Gasteiger partial charge in [-0.3, -0.25) is 14.5 Å². The molecule has 2 amide bonds. The number of hydrogen-bond acceptors (Lipinski definition) is 6. The van der Waals surface area contributed by atoms with Crippen molar-refractivity contribution in [1.29, 1.82) is 0 Å². The van der Waals surface area contributed by atoms with Crippen molar-refractivity contribution in [2.75, 3.05) is 39.3 Å². The Bertz CT molecular complexity index is 1080. The maximum atomic E-state index is 12.9. The first-order valence-corrected chi connectivity index (χ1v) is 12.7. The van der Waals surface area contributed by atoms with Gasteiger partial charge in [0.25, 0.3) is 0 Å². The quantitative estimate of drug-likeness (QED) is 0.626. The Kier molecular flexibility index (Phi) is 7.38. The van der Waals surface area contributed by atoms with Gasteiger partial charge in [-0.15, -0.1) is 0 Å². The van der Waals surface area contributed by atoms with Crippen LogP contribution in [0.4, 0.5) is 0 Å². The molecule has 3 heterocycles. The number of carbonyl (C=O) groups excluding carboxylic acids is 2. The monoisotopic (exact) mass is 494 g/mol. The zero-order valence-electron chi connectivity index (χ0n) is 18.2. The highest BCUT2D eigenvalue weighted by Crippen LogP contribution is 2.25. The molecule has 0 saturated carbocycles. The van der Waals surface area contributed by atoms with Crippen molar-refractivity contribution in [3.8, 4) is 0 Å². The fraction of sp³-hybridized carbons (Fsp3) is 0.455. The van der Waals surface area contributed by atoms with E-state index >= 15 is 0 Å². The molecule has 2 aliphatic heterocycles. The van der Waals surface area contributed by atoms with Gasteiger partial charge in [0, 0.05) is 26.2 Å². The normalized spacial score (nSPS) is 20.2. The first kappa shape index (κ1) is 23.7. The number of benzene rings is 1. The van der Waals surface area contributed by atoms with E-state index in [1.165, 1.54) is 10.4 Å². The molecule has 11 heteroatoms. The van der Waals surface area contributed by atoms with Gasteiger partial charge >= 0.3 is 0 Å². The molecule has 0 radical (unpaired) electrons. The first-order chi connectivity index (χ1) is 15.9. The molecule has 2 fully saturated rings. The molecule has 1 N–H and O–H groups in total. The van der Waals surface area contributed by atoms with Crippen LogP contribution in [0.15, 0.2) is 52.0 Å². The second kappa shape index (κ2) is 10.3. The average Bonchev–Trinajstić information content (AvgIpc) is 3.50. The van der Waals surface area contributed by atoms with E-state index in [1.807, 2.05) is 4.90 Å². The average molecular weight is 495 g/mol. The van der Waals surface area contributed by atoms with E-state index in [4.69, 9.17) is 16.0 Å². The number of likely N-dealkylation sites (tertiary alicyclic amines) is 1. The predicted octanol–water partition coefficient (Wildman–Crippen LogP) is 1.55. The molecule has 0 aliphatic carbocycles. The summed E-state index contributed by atoms with van der Waals surface area (Å²) in [6, 6.07) is 9.55. The predicted molar refractivity (Wildman–Crippen MR) is 122 cm³/mol. The number of hydrogen-bond donors (Lipinski definition) is 1. The summed E-state index contributed by atoms with van der Waals surface area (Å²) in [5.41, 5.74) is 0. The summed E-state index contributed by atoms with van der Waals surface area (Å²) in [5, 5.41) is 3.05. The number of amides is 2. The number of nitrogens with one attached hydrogen (secondary N) is 1. The van der Waals surface area contributed by atoms with Crippen LogP contribution in [-0.4, -0.2) is 79.6 Å². The minimum absolute atomic E-state index is 0.0758. The van der Waals surface area contributed by atoms with E-state index < -0.39 is 10.0 Å². The molecule has 33 heavy (non-hydrogen) atoms. The van der Waals surface area contributed by atoms with Crippen LogP contribution >= 0.6 is 11.6 Å². The summed E-state index contributed by atoms with van der Waals surface area (Å²) in [6.07, 6.45) is 3.10. The van der Waals surface area contributed by atoms with Gasteiger partial charge in [0.05, 0.1) is 30.4 Å².